The van der Waals surface area contributed by atoms with Gasteiger partial charge in [-0.2, -0.15) is 0 Å². The average Bonchev–Trinajstić information content (AvgIpc) is 3.21. The van der Waals surface area contributed by atoms with Gasteiger partial charge >= 0.3 is 5.97 Å². The van der Waals surface area contributed by atoms with Crippen LogP contribution in [-0.4, -0.2) is 29.3 Å². The van der Waals surface area contributed by atoms with Crippen LogP contribution in [0.15, 0.2) is 53.9 Å². The van der Waals surface area contributed by atoms with E-state index in [0.29, 0.717) is 22.6 Å². The minimum absolute atomic E-state index is 0.0804. The molecule has 1 N–H and O–H groups in total. The number of aromatic nitrogens is 1. The zero-order valence-corrected chi connectivity index (χ0v) is 17.8. The molecule has 0 unspecified atom stereocenters. The predicted molar refractivity (Wildman–Crippen MR) is 114 cm³/mol. The van der Waals surface area contributed by atoms with E-state index in [9.17, 15) is 23.2 Å². The molecule has 0 aliphatic rings. The molecule has 0 spiro atoms. The normalized spacial score (nSPS) is 10.5. The van der Waals surface area contributed by atoms with Crippen molar-refractivity contribution in [2.24, 2.45) is 0 Å². The fraction of sp³-hybridized carbons (Fsp3) is 0.182. The number of ether oxygens (including phenoxy) is 1. The summed E-state index contributed by atoms with van der Waals surface area (Å²) in [4.78, 5) is 41.7. The fourth-order valence-corrected chi connectivity index (χ4v) is 3.61. The quantitative estimate of drug-likeness (QED) is 0.515. The number of carbonyl (C=O) groups is 3. The van der Waals surface area contributed by atoms with Crippen molar-refractivity contribution < 1.29 is 27.9 Å². The van der Waals surface area contributed by atoms with E-state index in [-0.39, 0.29) is 31.0 Å². The van der Waals surface area contributed by atoms with Gasteiger partial charge in [-0.1, -0.05) is 18.2 Å². The molecule has 0 saturated carbocycles. The molecule has 0 fully saturated rings. The molecule has 3 rings (SSSR count). The molecule has 0 bridgehead atoms. The highest BCUT2D eigenvalue weighted by atomic mass is 32.1. The maximum atomic E-state index is 13.6. The Balaban J connectivity index is 1.49. The first-order valence-electron chi connectivity index (χ1n) is 9.54. The number of benzene rings is 2. The van der Waals surface area contributed by atoms with Crippen LogP contribution in [0.25, 0.3) is 0 Å². The lowest BCUT2D eigenvalue weighted by molar-refractivity contribution is -0.144. The van der Waals surface area contributed by atoms with Gasteiger partial charge in [0.2, 0.25) is 5.91 Å². The lowest BCUT2D eigenvalue weighted by atomic mass is 10.2. The summed E-state index contributed by atoms with van der Waals surface area (Å²) in [6.45, 7) is 1.25. The predicted octanol–water partition coefficient (Wildman–Crippen LogP) is 3.97. The van der Waals surface area contributed by atoms with Crippen molar-refractivity contribution in [2.45, 2.75) is 20.0 Å². The van der Waals surface area contributed by atoms with Crippen LogP contribution >= 0.6 is 11.3 Å². The SMILES string of the molecule is CC(=O)N(c1ccccc1)c1nc(COC(=O)CCNC(=O)c2ccc(F)cc2F)cs1. The van der Waals surface area contributed by atoms with Crippen LogP contribution in [0, 0.1) is 11.6 Å². The molecular formula is C22H19F2N3O4S. The molecule has 0 saturated heterocycles. The Morgan fingerprint density at radius 1 is 1.12 bits per heavy atom. The summed E-state index contributed by atoms with van der Waals surface area (Å²) in [5.74, 6) is -3.33. The molecular weight excluding hydrogens is 440 g/mol. The van der Waals surface area contributed by atoms with Crippen LogP contribution in [0.4, 0.5) is 19.6 Å². The number of halogens is 2. The first kappa shape index (κ1) is 23.0. The number of hydrogen-bond donors (Lipinski definition) is 1. The van der Waals surface area contributed by atoms with Crippen LogP contribution in [-0.2, 0) is 20.9 Å². The Hall–Kier alpha value is -3.66. The second-order valence-corrected chi connectivity index (χ2v) is 7.44. The van der Waals surface area contributed by atoms with E-state index < -0.39 is 23.5 Å². The summed E-state index contributed by atoms with van der Waals surface area (Å²) >= 11 is 1.24. The topological polar surface area (TPSA) is 88.6 Å². The van der Waals surface area contributed by atoms with Crippen LogP contribution in [0.2, 0.25) is 0 Å². The van der Waals surface area contributed by atoms with Crippen LogP contribution in [0.3, 0.4) is 0 Å². The summed E-state index contributed by atoms with van der Waals surface area (Å²) in [7, 11) is 0. The maximum absolute atomic E-state index is 13.6. The largest absolute Gasteiger partial charge is 0.459 e. The van der Waals surface area contributed by atoms with Crippen molar-refractivity contribution in [1.29, 1.82) is 0 Å². The van der Waals surface area contributed by atoms with Crippen molar-refractivity contribution in [2.75, 3.05) is 11.4 Å². The molecule has 166 valence electrons. The number of amides is 2. The highest BCUT2D eigenvalue weighted by Gasteiger charge is 2.18. The summed E-state index contributed by atoms with van der Waals surface area (Å²) in [6, 6.07) is 11.6. The second-order valence-electron chi connectivity index (χ2n) is 6.60. The van der Waals surface area contributed by atoms with Crippen molar-refractivity contribution in [1.82, 2.24) is 10.3 Å². The van der Waals surface area contributed by atoms with Gasteiger partial charge in [-0.25, -0.2) is 13.8 Å². The van der Waals surface area contributed by atoms with Crippen LogP contribution in [0.5, 0.6) is 0 Å². The molecule has 0 radical (unpaired) electrons. The molecule has 0 aliphatic carbocycles. The highest BCUT2D eigenvalue weighted by Crippen LogP contribution is 2.28. The second kappa shape index (κ2) is 10.6. The van der Waals surface area contributed by atoms with E-state index in [1.807, 2.05) is 18.2 Å². The number of thiazole rings is 1. The number of anilines is 2. The van der Waals surface area contributed by atoms with Crippen LogP contribution in [0.1, 0.15) is 29.4 Å². The third-order valence-corrected chi connectivity index (χ3v) is 5.11. The molecule has 10 heteroatoms. The minimum Gasteiger partial charge on any atom is -0.459 e. The number of nitrogens with one attached hydrogen (secondary N) is 1. The molecule has 7 nitrogen and oxygen atoms in total. The fourth-order valence-electron chi connectivity index (χ4n) is 2.74. The van der Waals surface area contributed by atoms with Gasteiger partial charge in [0.25, 0.3) is 5.91 Å². The first-order valence-corrected chi connectivity index (χ1v) is 10.4. The Labute approximate surface area is 186 Å². The zero-order valence-electron chi connectivity index (χ0n) is 17.0. The average molecular weight is 459 g/mol. The third-order valence-electron chi connectivity index (χ3n) is 4.23. The maximum Gasteiger partial charge on any atom is 0.307 e. The Morgan fingerprint density at radius 3 is 2.56 bits per heavy atom. The summed E-state index contributed by atoms with van der Waals surface area (Å²) in [6.07, 6.45) is -0.144. The zero-order chi connectivity index (χ0) is 23.1. The lowest BCUT2D eigenvalue weighted by Crippen LogP contribution is -2.27. The number of carbonyl (C=O) groups excluding carboxylic acids is 3. The standard InChI is InChI=1S/C22H19F2N3O4S/c1-14(28)27(17-5-3-2-4-6-17)22-26-16(13-32-22)12-31-20(29)9-10-25-21(30)18-8-7-15(23)11-19(18)24/h2-8,11,13H,9-10,12H2,1H3,(H,25,30). The van der Waals surface area contributed by atoms with E-state index in [2.05, 4.69) is 10.3 Å². The highest BCUT2D eigenvalue weighted by molar-refractivity contribution is 7.14. The molecule has 32 heavy (non-hydrogen) atoms. The Bertz CT molecular complexity index is 1120. The van der Waals surface area contributed by atoms with Crippen molar-refractivity contribution in [3.05, 3.63) is 76.8 Å². The number of para-hydroxylation sites is 1. The molecule has 1 heterocycles. The summed E-state index contributed by atoms with van der Waals surface area (Å²) in [5.41, 5.74) is 0.826. The number of nitrogens with zero attached hydrogens (tertiary/aromatic N) is 2. The number of hydrogen-bond acceptors (Lipinski definition) is 6. The van der Waals surface area contributed by atoms with Gasteiger partial charge in [-0.05, 0) is 24.3 Å². The Morgan fingerprint density at radius 2 is 1.88 bits per heavy atom. The monoisotopic (exact) mass is 459 g/mol. The molecule has 2 aromatic carbocycles. The van der Waals surface area contributed by atoms with E-state index in [0.717, 1.165) is 12.1 Å². The van der Waals surface area contributed by atoms with Gasteiger partial charge in [-0.3, -0.25) is 19.3 Å². The van der Waals surface area contributed by atoms with Gasteiger partial charge < -0.3 is 10.1 Å². The van der Waals surface area contributed by atoms with E-state index in [1.54, 1.807) is 17.5 Å². The molecule has 1 aromatic heterocycles. The van der Waals surface area contributed by atoms with Gasteiger partial charge in [0.15, 0.2) is 5.13 Å². The molecule has 3 aromatic rings. The smallest absolute Gasteiger partial charge is 0.307 e. The van der Waals surface area contributed by atoms with Crippen molar-refractivity contribution >= 4 is 39.9 Å². The van der Waals surface area contributed by atoms with Gasteiger partial charge in [0.1, 0.15) is 18.2 Å². The summed E-state index contributed by atoms with van der Waals surface area (Å²) < 4.78 is 31.6. The van der Waals surface area contributed by atoms with Crippen molar-refractivity contribution in [3.8, 4) is 0 Å². The molecule has 0 atom stereocenters. The third kappa shape index (κ3) is 5.94. The van der Waals surface area contributed by atoms with Crippen molar-refractivity contribution in [3.63, 3.8) is 0 Å². The van der Waals surface area contributed by atoms with Gasteiger partial charge in [-0.15, -0.1) is 11.3 Å². The van der Waals surface area contributed by atoms with E-state index in [4.69, 9.17) is 4.74 Å². The summed E-state index contributed by atoms with van der Waals surface area (Å²) in [5, 5.41) is 4.51. The number of esters is 1. The molecule has 0 aliphatic heterocycles. The Kier molecular flexibility index (Phi) is 7.61. The van der Waals surface area contributed by atoms with Crippen LogP contribution < -0.4 is 10.2 Å². The molecule has 2 amide bonds. The lowest BCUT2D eigenvalue weighted by Gasteiger charge is -2.17. The van der Waals surface area contributed by atoms with E-state index >= 15 is 0 Å². The first-order chi connectivity index (χ1) is 15.3. The minimum atomic E-state index is -0.987. The number of rotatable bonds is 8. The van der Waals surface area contributed by atoms with Gasteiger partial charge in [0, 0.05) is 24.9 Å². The van der Waals surface area contributed by atoms with E-state index in [1.165, 1.54) is 23.2 Å². The van der Waals surface area contributed by atoms with Gasteiger partial charge in [0.05, 0.1) is 23.4 Å².